The van der Waals surface area contributed by atoms with Crippen molar-refractivity contribution in [2.75, 3.05) is 7.11 Å². The number of esters is 1. The van der Waals surface area contributed by atoms with E-state index >= 15 is 0 Å². The molecule has 0 radical (unpaired) electrons. The lowest BCUT2D eigenvalue weighted by atomic mass is 9.65. The van der Waals surface area contributed by atoms with E-state index in [4.69, 9.17) is 9.47 Å². The number of Topliss-reactive ketones (excluding diaryl/α,β-unsaturated/α-hetero) is 1. The Morgan fingerprint density at radius 2 is 2.00 bits per heavy atom. The van der Waals surface area contributed by atoms with Gasteiger partial charge in [0.15, 0.2) is 5.60 Å². The van der Waals surface area contributed by atoms with Crippen LogP contribution in [0.2, 0.25) is 0 Å². The van der Waals surface area contributed by atoms with Gasteiger partial charge in [-0.25, -0.2) is 4.79 Å². The van der Waals surface area contributed by atoms with E-state index in [0.29, 0.717) is 5.75 Å². The van der Waals surface area contributed by atoms with Crippen molar-refractivity contribution in [3.63, 3.8) is 0 Å². The normalized spacial score (nSPS) is 33.7. The zero-order chi connectivity index (χ0) is 15.2. The number of ether oxygens (including phenoxy) is 2. The largest absolute Gasteiger partial charge is 0.497 e. The Morgan fingerprint density at radius 1 is 1.33 bits per heavy atom. The maximum Gasteiger partial charge on any atom is 0.343 e. The first-order chi connectivity index (χ1) is 9.97. The molecule has 1 N–H and O–H groups in total. The van der Waals surface area contributed by atoms with Crippen LogP contribution < -0.4 is 4.74 Å². The Kier molecular flexibility index (Phi) is 3.10. The fourth-order valence-corrected chi connectivity index (χ4v) is 3.22. The van der Waals surface area contributed by atoms with Gasteiger partial charge in [0.25, 0.3) is 0 Å². The molecule has 3 aliphatic rings. The van der Waals surface area contributed by atoms with Gasteiger partial charge in [-0.05, 0) is 36.8 Å². The summed E-state index contributed by atoms with van der Waals surface area (Å²) in [7, 11) is 1.57. The van der Waals surface area contributed by atoms with Crippen LogP contribution in [0, 0.1) is 5.92 Å². The molecule has 2 heterocycles. The lowest BCUT2D eigenvalue weighted by Gasteiger charge is -2.47. The number of aliphatic hydroxyl groups is 1. The Hall–Kier alpha value is -2.14. The van der Waals surface area contributed by atoms with Crippen LogP contribution in [0.4, 0.5) is 0 Å². The Bertz CT molecular complexity index is 618. The van der Waals surface area contributed by atoms with E-state index in [9.17, 15) is 14.7 Å². The SMILES string of the molecule is COc1ccc(C2C3C=CC(O)(C(=O)O3)C2C(C)=O)cc1. The minimum atomic E-state index is -1.87. The van der Waals surface area contributed by atoms with Crippen molar-refractivity contribution in [3.8, 4) is 5.75 Å². The molecule has 110 valence electrons. The van der Waals surface area contributed by atoms with Crippen LogP contribution in [0.3, 0.4) is 0 Å². The summed E-state index contributed by atoms with van der Waals surface area (Å²) in [4.78, 5) is 23.9. The molecule has 0 saturated carbocycles. The van der Waals surface area contributed by atoms with Crippen molar-refractivity contribution >= 4 is 11.8 Å². The first kappa shape index (κ1) is 13.8. The molecule has 21 heavy (non-hydrogen) atoms. The molecule has 0 spiro atoms. The molecule has 0 amide bonds. The van der Waals surface area contributed by atoms with Gasteiger partial charge >= 0.3 is 5.97 Å². The number of carbonyl (C=O) groups is 2. The second-order valence-electron chi connectivity index (χ2n) is 5.44. The molecular formula is C16H16O5. The number of hydrogen-bond donors (Lipinski definition) is 1. The lowest BCUT2D eigenvalue weighted by Crippen LogP contribution is -2.60. The van der Waals surface area contributed by atoms with Crippen LogP contribution in [0.5, 0.6) is 5.75 Å². The summed E-state index contributed by atoms with van der Waals surface area (Å²) in [5.41, 5.74) is -1.04. The molecule has 5 nitrogen and oxygen atoms in total. The quantitative estimate of drug-likeness (QED) is 0.668. The smallest absolute Gasteiger partial charge is 0.343 e. The average Bonchev–Trinajstić information content (AvgIpc) is 2.47. The summed E-state index contributed by atoms with van der Waals surface area (Å²) in [6, 6.07) is 7.21. The fraction of sp³-hybridized carbons (Fsp3) is 0.375. The standard InChI is InChI=1S/C16H16O5/c1-9(17)14-13(10-3-5-11(20-2)6-4-10)12-7-8-16(14,19)15(18)21-12/h3-8,12-14,19H,1-2H3. The predicted molar refractivity (Wildman–Crippen MR) is 73.9 cm³/mol. The number of hydrogen-bond acceptors (Lipinski definition) is 5. The summed E-state index contributed by atoms with van der Waals surface area (Å²) in [6.07, 6.45) is 2.50. The topological polar surface area (TPSA) is 72.8 Å². The third-order valence-electron chi connectivity index (χ3n) is 4.24. The molecular weight excluding hydrogens is 272 g/mol. The van der Waals surface area contributed by atoms with Gasteiger partial charge in [0.05, 0.1) is 13.0 Å². The van der Waals surface area contributed by atoms with Gasteiger partial charge in [0, 0.05) is 5.92 Å². The van der Waals surface area contributed by atoms with Gasteiger partial charge in [-0.1, -0.05) is 12.1 Å². The number of carbonyl (C=O) groups excluding carboxylic acids is 2. The van der Waals surface area contributed by atoms with Crippen molar-refractivity contribution < 1.29 is 24.2 Å². The van der Waals surface area contributed by atoms with Gasteiger partial charge in [-0.2, -0.15) is 0 Å². The molecule has 1 saturated heterocycles. The van der Waals surface area contributed by atoms with Crippen LogP contribution in [0.1, 0.15) is 18.4 Å². The monoisotopic (exact) mass is 288 g/mol. The van der Waals surface area contributed by atoms with E-state index in [0.717, 1.165) is 5.56 Å². The summed E-state index contributed by atoms with van der Waals surface area (Å²) in [5.74, 6) is -1.50. The van der Waals surface area contributed by atoms with E-state index < -0.39 is 23.6 Å². The van der Waals surface area contributed by atoms with Crippen LogP contribution >= 0.6 is 0 Å². The third-order valence-corrected chi connectivity index (χ3v) is 4.24. The fourth-order valence-electron chi connectivity index (χ4n) is 3.22. The van der Waals surface area contributed by atoms with Crippen molar-refractivity contribution in [2.45, 2.75) is 24.5 Å². The number of methoxy groups -OCH3 is 1. The highest BCUT2D eigenvalue weighted by Crippen LogP contribution is 2.47. The summed E-state index contributed by atoms with van der Waals surface area (Å²) >= 11 is 0. The van der Waals surface area contributed by atoms with E-state index in [1.54, 1.807) is 25.3 Å². The molecule has 1 aliphatic carbocycles. The summed E-state index contributed by atoms with van der Waals surface area (Å²) in [5, 5.41) is 10.5. The van der Waals surface area contributed by atoms with Gasteiger partial charge < -0.3 is 14.6 Å². The first-order valence-corrected chi connectivity index (χ1v) is 6.74. The van der Waals surface area contributed by atoms with Crippen LogP contribution in [-0.4, -0.2) is 35.7 Å². The van der Waals surface area contributed by atoms with Gasteiger partial charge in [0.1, 0.15) is 17.6 Å². The third kappa shape index (κ3) is 1.96. The summed E-state index contributed by atoms with van der Waals surface area (Å²) < 4.78 is 10.3. The number of benzene rings is 1. The minimum absolute atomic E-state index is 0.232. The molecule has 0 aromatic heterocycles. The summed E-state index contributed by atoms with van der Waals surface area (Å²) in [6.45, 7) is 1.39. The van der Waals surface area contributed by atoms with Crippen molar-refractivity contribution in [3.05, 3.63) is 42.0 Å². The van der Waals surface area contributed by atoms with Crippen LogP contribution in [0.15, 0.2) is 36.4 Å². The van der Waals surface area contributed by atoms with Crippen molar-refractivity contribution in [2.24, 2.45) is 5.92 Å². The maximum atomic E-state index is 12.0. The molecule has 1 aromatic carbocycles. The molecule has 4 rings (SSSR count). The highest BCUT2D eigenvalue weighted by atomic mass is 16.6. The number of rotatable bonds is 3. The molecule has 4 unspecified atom stereocenters. The van der Waals surface area contributed by atoms with Crippen LogP contribution in [-0.2, 0) is 14.3 Å². The Balaban J connectivity index is 2.06. The highest BCUT2D eigenvalue weighted by Gasteiger charge is 2.59. The zero-order valence-electron chi connectivity index (χ0n) is 11.8. The van der Waals surface area contributed by atoms with E-state index in [-0.39, 0.29) is 11.7 Å². The van der Waals surface area contributed by atoms with E-state index in [2.05, 4.69) is 0 Å². The van der Waals surface area contributed by atoms with Crippen molar-refractivity contribution in [1.29, 1.82) is 0 Å². The Labute approximate surface area is 122 Å². The van der Waals surface area contributed by atoms with Gasteiger partial charge in [-0.15, -0.1) is 0 Å². The van der Waals surface area contributed by atoms with E-state index in [1.807, 2.05) is 12.1 Å². The molecule has 1 fully saturated rings. The highest BCUT2D eigenvalue weighted by molar-refractivity contribution is 5.94. The zero-order valence-corrected chi connectivity index (χ0v) is 11.8. The lowest BCUT2D eigenvalue weighted by molar-refractivity contribution is -0.189. The van der Waals surface area contributed by atoms with Crippen molar-refractivity contribution in [1.82, 2.24) is 0 Å². The number of ketones is 1. The molecule has 1 aromatic rings. The first-order valence-electron chi connectivity index (χ1n) is 6.74. The molecule has 5 heteroatoms. The number of fused-ring (bicyclic) bond motifs is 2. The minimum Gasteiger partial charge on any atom is -0.497 e. The van der Waals surface area contributed by atoms with Crippen LogP contribution in [0.25, 0.3) is 0 Å². The average molecular weight is 288 g/mol. The molecule has 2 aliphatic heterocycles. The predicted octanol–water partition coefficient (Wildman–Crippen LogP) is 1.21. The second-order valence-corrected chi connectivity index (χ2v) is 5.44. The second kappa shape index (κ2) is 4.70. The molecule has 4 atom stereocenters. The maximum absolute atomic E-state index is 12.0. The molecule has 2 bridgehead atoms. The van der Waals surface area contributed by atoms with E-state index in [1.165, 1.54) is 13.0 Å². The Morgan fingerprint density at radius 3 is 2.52 bits per heavy atom. The van der Waals surface area contributed by atoms with Gasteiger partial charge in [-0.3, -0.25) is 4.79 Å². The van der Waals surface area contributed by atoms with Gasteiger partial charge in [0.2, 0.25) is 0 Å².